The number of amides is 1. The van der Waals surface area contributed by atoms with E-state index in [1.807, 2.05) is 46.0 Å². The van der Waals surface area contributed by atoms with Crippen LogP contribution in [0.1, 0.15) is 18.1 Å². The van der Waals surface area contributed by atoms with E-state index in [1.54, 1.807) is 4.90 Å². The molecule has 1 N–H and O–H groups in total. The number of likely N-dealkylation sites (N-methyl/N-ethyl adjacent to an activating group) is 1. The summed E-state index contributed by atoms with van der Waals surface area (Å²) in [5.74, 6) is 0. The second-order valence-electron chi connectivity index (χ2n) is 5.15. The Morgan fingerprint density at radius 2 is 2.17 bits per heavy atom. The maximum atomic E-state index is 12.0. The largest absolute Gasteiger partial charge is 0.440 e. The zero-order valence-electron chi connectivity index (χ0n) is 11.4. The summed E-state index contributed by atoms with van der Waals surface area (Å²) >= 11 is 0. The summed E-state index contributed by atoms with van der Waals surface area (Å²) in [6.45, 7) is 7.27. The Kier molecular flexibility index (Phi) is 3.30. The lowest BCUT2D eigenvalue weighted by atomic mass is 10.0. The molecule has 0 radical (unpaired) electrons. The van der Waals surface area contributed by atoms with E-state index >= 15 is 0 Å². The predicted molar refractivity (Wildman–Crippen MR) is 72.1 cm³/mol. The van der Waals surface area contributed by atoms with Crippen LogP contribution in [0.25, 0.3) is 0 Å². The molecule has 1 aliphatic rings. The highest BCUT2D eigenvalue weighted by atomic mass is 16.6. The van der Waals surface area contributed by atoms with Crippen molar-refractivity contribution in [1.29, 1.82) is 0 Å². The lowest BCUT2D eigenvalue weighted by molar-refractivity contribution is 0.0734. The maximum Gasteiger partial charge on any atom is 0.415 e. The smallest absolute Gasteiger partial charge is 0.415 e. The normalized spacial score (nSPS) is 23.3. The van der Waals surface area contributed by atoms with Gasteiger partial charge in [-0.05, 0) is 45.0 Å². The van der Waals surface area contributed by atoms with Gasteiger partial charge in [0.2, 0.25) is 0 Å². The quantitative estimate of drug-likeness (QED) is 0.892. The van der Waals surface area contributed by atoms with Crippen LogP contribution in [0.2, 0.25) is 0 Å². The average molecular weight is 248 g/mol. The van der Waals surface area contributed by atoms with Crippen molar-refractivity contribution in [2.75, 3.05) is 25.0 Å². The lowest BCUT2D eigenvalue weighted by Crippen LogP contribution is -2.40. The molecule has 18 heavy (non-hydrogen) atoms. The van der Waals surface area contributed by atoms with Crippen molar-refractivity contribution < 1.29 is 9.53 Å². The molecule has 1 atom stereocenters. The Bertz CT molecular complexity index is 473. The SMILES string of the molecule is CNCC1(C)CN(c2cccc(C)c2C)C(=O)O1. The van der Waals surface area contributed by atoms with Gasteiger partial charge in [-0.25, -0.2) is 4.79 Å². The van der Waals surface area contributed by atoms with Gasteiger partial charge in [0.15, 0.2) is 0 Å². The van der Waals surface area contributed by atoms with E-state index in [0.29, 0.717) is 13.1 Å². The van der Waals surface area contributed by atoms with Gasteiger partial charge in [0.1, 0.15) is 5.60 Å². The molecule has 1 saturated heterocycles. The first kappa shape index (κ1) is 12.9. The number of nitrogens with one attached hydrogen (secondary N) is 1. The maximum absolute atomic E-state index is 12.0. The highest BCUT2D eigenvalue weighted by Crippen LogP contribution is 2.30. The summed E-state index contributed by atoms with van der Waals surface area (Å²) in [7, 11) is 1.86. The molecule has 1 unspecified atom stereocenters. The van der Waals surface area contributed by atoms with Gasteiger partial charge in [-0.3, -0.25) is 4.90 Å². The van der Waals surface area contributed by atoms with Crippen molar-refractivity contribution in [1.82, 2.24) is 5.32 Å². The zero-order chi connectivity index (χ0) is 13.3. The highest BCUT2D eigenvalue weighted by molar-refractivity contribution is 5.91. The molecule has 1 aromatic carbocycles. The zero-order valence-corrected chi connectivity index (χ0v) is 11.4. The molecule has 0 aromatic heterocycles. The van der Waals surface area contributed by atoms with Crippen LogP contribution in [0.5, 0.6) is 0 Å². The fourth-order valence-corrected chi connectivity index (χ4v) is 2.37. The van der Waals surface area contributed by atoms with Gasteiger partial charge >= 0.3 is 6.09 Å². The first-order chi connectivity index (χ1) is 8.47. The lowest BCUT2D eigenvalue weighted by Gasteiger charge is -2.21. The number of anilines is 1. The van der Waals surface area contributed by atoms with E-state index in [-0.39, 0.29) is 6.09 Å². The molecule has 1 heterocycles. The molecule has 4 nitrogen and oxygen atoms in total. The third-order valence-corrected chi connectivity index (χ3v) is 3.46. The number of carbonyl (C=O) groups is 1. The fourth-order valence-electron chi connectivity index (χ4n) is 2.37. The van der Waals surface area contributed by atoms with Crippen LogP contribution in [0.15, 0.2) is 18.2 Å². The van der Waals surface area contributed by atoms with Gasteiger partial charge in [0.05, 0.1) is 12.2 Å². The molecule has 2 rings (SSSR count). The van der Waals surface area contributed by atoms with Crippen LogP contribution in [-0.2, 0) is 4.74 Å². The van der Waals surface area contributed by atoms with Gasteiger partial charge < -0.3 is 10.1 Å². The predicted octanol–water partition coefficient (Wildman–Crippen LogP) is 2.24. The summed E-state index contributed by atoms with van der Waals surface area (Å²) in [6, 6.07) is 5.99. The molecule has 1 amide bonds. The molecular weight excluding hydrogens is 228 g/mol. The molecular formula is C14H20N2O2. The van der Waals surface area contributed by atoms with E-state index in [9.17, 15) is 4.79 Å². The molecule has 1 aromatic rings. The van der Waals surface area contributed by atoms with E-state index < -0.39 is 5.60 Å². The number of hydrogen-bond donors (Lipinski definition) is 1. The Morgan fingerprint density at radius 1 is 1.44 bits per heavy atom. The van der Waals surface area contributed by atoms with Crippen molar-refractivity contribution in [2.45, 2.75) is 26.4 Å². The monoisotopic (exact) mass is 248 g/mol. The van der Waals surface area contributed by atoms with Gasteiger partial charge in [-0.2, -0.15) is 0 Å². The molecule has 98 valence electrons. The van der Waals surface area contributed by atoms with E-state index in [4.69, 9.17) is 4.74 Å². The molecule has 1 fully saturated rings. The summed E-state index contributed by atoms with van der Waals surface area (Å²) in [5, 5.41) is 3.06. The molecule has 4 heteroatoms. The van der Waals surface area contributed by atoms with Gasteiger partial charge in [-0.1, -0.05) is 12.1 Å². The van der Waals surface area contributed by atoms with Crippen LogP contribution in [0, 0.1) is 13.8 Å². The van der Waals surface area contributed by atoms with Crippen LogP contribution in [-0.4, -0.2) is 31.8 Å². The van der Waals surface area contributed by atoms with Crippen LogP contribution in [0.3, 0.4) is 0 Å². The molecule has 0 bridgehead atoms. The molecule has 0 saturated carbocycles. The van der Waals surface area contributed by atoms with E-state index in [0.717, 1.165) is 11.3 Å². The standard InChI is InChI=1S/C14H20N2O2/c1-10-6-5-7-12(11(10)2)16-9-14(3,8-15-4)18-13(16)17/h5-7,15H,8-9H2,1-4H3. The van der Waals surface area contributed by atoms with E-state index in [2.05, 4.69) is 5.32 Å². The van der Waals surface area contributed by atoms with Gasteiger partial charge in [0.25, 0.3) is 0 Å². The van der Waals surface area contributed by atoms with Crippen molar-refractivity contribution in [3.63, 3.8) is 0 Å². The number of cyclic esters (lactones) is 1. The van der Waals surface area contributed by atoms with Crippen molar-refractivity contribution in [3.05, 3.63) is 29.3 Å². The number of rotatable bonds is 3. The summed E-state index contributed by atoms with van der Waals surface area (Å²) in [4.78, 5) is 13.7. The molecule has 0 aliphatic carbocycles. The minimum absolute atomic E-state index is 0.263. The average Bonchev–Trinajstić information content (AvgIpc) is 2.58. The summed E-state index contributed by atoms with van der Waals surface area (Å²) in [5.41, 5.74) is 2.80. The van der Waals surface area contributed by atoms with Crippen LogP contribution < -0.4 is 10.2 Å². The Hall–Kier alpha value is -1.55. The van der Waals surface area contributed by atoms with Gasteiger partial charge in [-0.15, -0.1) is 0 Å². The van der Waals surface area contributed by atoms with Crippen LogP contribution >= 0.6 is 0 Å². The van der Waals surface area contributed by atoms with Gasteiger partial charge in [0, 0.05) is 6.54 Å². The number of benzene rings is 1. The van der Waals surface area contributed by atoms with Crippen molar-refractivity contribution in [2.24, 2.45) is 0 Å². The van der Waals surface area contributed by atoms with Crippen molar-refractivity contribution in [3.8, 4) is 0 Å². The fraction of sp³-hybridized carbons (Fsp3) is 0.500. The summed E-state index contributed by atoms with van der Waals surface area (Å²) < 4.78 is 5.48. The highest BCUT2D eigenvalue weighted by Gasteiger charge is 2.42. The summed E-state index contributed by atoms with van der Waals surface area (Å²) in [6.07, 6.45) is -0.263. The number of aryl methyl sites for hydroxylation is 1. The second kappa shape index (κ2) is 4.61. The molecule has 0 spiro atoms. The molecule has 1 aliphatic heterocycles. The third kappa shape index (κ3) is 2.20. The number of nitrogens with zero attached hydrogens (tertiary/aromatic N) is 1. The Balaban J connectivity index is 2.30. The number of ether oxygens (including phenoxy) is 1. The third-order valence-electron chi connectivity index (χ3n) is 3.46. The first-order valence-corrected chi connectivity index (χ1v) is 6.18. The van der Waals surface area contributed by atoms with Crippen LogP contribution in [0.4, 0.5) is 10.5 Å². The second-order valence-corrected chi connectivity index (χ2v) is 5.15. The number of hydrogen-bond acceptors (Lipinski definition) is 3. The topological polar surface area (TPSA) is 41.6 Å². The Labute approximate surface area is 108 Å². The van der Waals surface area contributed by atoms with Crippen molar-refractivity contribution >= 4 is 11.8 Å². The Morgan fingerprint density at radius 3 is 2.83 bits per heavy atom. The number of carbonyl (C=O) groups excluding carboxylic acids is 1. The minimum atomic E-state index is -0.456. The minimum Gasteiger partial charge on any atom is -0.440 e. The van der Waals surface area contributed by atoms with E-state index in [1.165, 1.54) is 5.56 Å². The first-order valence-electron chi connectivity index (χ1n) is 6.18.